The van der Waals surface area contributed by atoms with Gasteiger partial charge in [-0.25, -0.2) is 9.18 Å². The molecule has 2 aliphatic rings. The summed E-state index contributed by atoms with van der Waals surface area (Å²) in [6.07, 6.45) is 4.68. The zero-order valence-electron chi connectivity index (χ0n) is 20.0. The van der Waals surface area contributed by atoms with Crippen LogP contribution in [0.5, 0.6) is 0 Å². The number of aromatic nitrogens is 5. The molecule has 4 aromatic rings. The molecule has 4 N–H and O–H groups in total. The Bertz CT molecular complexity index is 1520. The van der Waals surface area contributed by atoms with Gasteiger partial charge < -0.3 is 20.2 Å². The number of para-hydroxylation sites is 1. The van der Waals surface area contributed by atoms with Crippen molar-refractivity contribution in [3.8, 4) is 0 Å². The number of carbonyl (C=O) groups is 2. The van der Waals surface area contributed by atoms with Gasteiger partial charge in [0.15, 0.2) is 0 Å². The van der Waals surface area contributed by atoms with Crippen LogP contribution in [0.2, 0.25) is 0 Å². The summed E-state index contributed by atoms with van der Waals surface area (Å²) >= 11 is 0. The van der Waals surface area contributed by atoms with Gasteiger partial charge in [0.1, 0.15) is 11.9 Å². The zero-order valence-corrected chi connectivity index (χ0v) is 20.0. The maximum absolute atomic E-state index is 15.1. The molecule has 0 spiro atoms. The Labute approximate surface area is 210 Å². The third-order valence-electron chi connectivity index (χ3n) is 7.23. The van der Waals surface area contributed by atoms with Crippen LogP contribution in [-0.4, -0.2) is 54.7 Å². The van der Waals surface area contributed by atoms with Gasteiger partial charge in [-0.15, -0.1) is 0 Å². The Morgan fingerprint density at radius 3 is 2.78 bits per heavy atom. The number of likely N-dealkylation sites (tertiary alicyclic amines) is 1. The van der Waals surface area contributed by atoms with Gasteiger partial charge in [-0.3, -0.25) is 9.59 Å². The van der Waals surface area contributed by atoms with E-state index in [0.29, 0.717) is 52.8 Å². The minimum absolute atomic E-state index is 0.0431. The fourth-order valence-electron chi connectivity index (χ4n) is 5.25. The topological polar surface area (TPSA) is 140 Å². The molecule has 2 unspecified atom stereocenters. The van der Waals surface area contributed by atoms with Crippen LogP contribution in [0.4, 0.5) is 4.39 Å². The molecule has 3 heterocycles. The molecule has 0 bridgehead atoms. The van der Waals surface area contributed by atoms with Gasteiger partial charge in [0.05, 0.1) is 35.4 Å². The van der Waals surface area contributed by atoms with Crippen molar-refractivity contribution in [3.05, 3.63) is 81.3 Å². The number of benzene rings is 2. The summed E-state index contributed by atoms with van der Waals surface area (Å²) in [6, 6.07) is 9.00. The minimum atomic E-state index is -0.738. The minimum Gasteiger partial charge on any atom is -0.343 e. The number of hydrogen-bond acceptors (Lipinski definition) is 5. The summed E-state index contributed by atoms with van der Waals surface area (Å²) in [6.45, 7) is 0.463. The summed E-state index contributed by atoms with van der Waals surface area (Å²) in [5.74, 6) is -0.605. The van der Waals surface area contributed by atoms with E-state index in [4.69, 9.17) is 0 Å². The first kappa shape index (κ1) is 23.1. The van der Waals surface area contributed by atoms with Crippen molar-refractivity contribution in [2.45, 2.75) is 50.1 Å². The molecule has 2 fully saturated rings. The van der Waals surface area contributed by atoms with Gasteiger partial charge >= 0.3 is 5.69 Å². The first-order valence-electron chi connectivity index (χ1n) is 12.4. The Kier molecular flexibility index (Phi) is 5.82. The van der Waals surface area contributed by atoms with Crippen molar-refractivity contribution >= 4 is 22.8 Å². The molecule has 2 aromatic heterocycles. The number of nitrogens with zero attached hydrogens (tertiary/aromatic N) is 3. The summed E-state index contributed by atoms with van der Waals surface area (Å²) in [7, 11) is 0. The molecule has 6 rings (SSSR count). The third kappa shape index (κ3) is 4.52. The molecule has 2 amide bonds. The van der Waals surface area contributed by atoms with E-state index in [1.807, 2.05) is 6.07 Å². The molecular weight excluding hydrogens is 477 g/mol. The maximum Gasteiger partial charge on any atom is 0.323 e. The van der Waals surface area contributed by atoms with E-state index in [1.54, 1.807) is 29.2 Å². The van der Waals surface area contributed by atoms with Crippen molar-refractivity contribution < 1.29 is 14.0 Å². The van der Waals surface area contributed by atoms with Gasteiger partial charge in [0.25, 0.3) is 0 Å². The van der Waals surface area contributed by atoms with Gasteiger partial charge in [-0.1, -0.05) is 24.3 Å². The summed E-state index contributed by atoms with van der Waals surface area (Å²) < 4.78 is 15.1. The first-order chi connectivity index (χ1) is 18.0. The van der Waals surface area contributed by atoms with Crippen LogP contribution in [0.25, 0.3) is 11.0 Å². The fraction of sp³-hybridized carbons (Fsp3) is 0.346. The molecule has 1 saturated carbocycles. The van der Waals surface area contributed by atoms with E-state index in [-0.39, 0.29) is 35.7 Å². The monoisotopic (exact) mass is 503 g/mol. The maximum atomic E-state index is 15.1. The average Bonchev–Trinajstić information content (AvgIpc) is 3.23. The molecule has 1 saturated heterocycles. The second kappa shape index (κ2) is 9.30. The number of rotatable bonds is 7. The number of H-pyrrole nitrogens is 3. The number of amides is 2. The van der Waals surface area contributed by atoms with E-state index in [0.717, 1.165) is 12.8 Å². The lowest BCUT2D eigenvalue weighted by Gasteiger charge is -2.27. The third-order valence-corrected chi connectivity index (χ3v) is 7.23. The lowest BCUT2D eigenvalue weighted by molar-refractivity contribution is -0.138. The Morgan fingerprint density at radius 1 is 1.16 bits per heavy atom. The van der Waals surface area contributed by atoms with Crippen LogP contribution in [0.1, 0.15) is 60.0 Å². The first-order valence-corrected chi connectivity index (χ1v) is 12.4. The lowest BCUT2D eigenvalue weighted by atomic mass is 9.95. The van der Waals surface area contributed by atoms with Crippen molar-refractivity contribution in [2.75, 3.05) is 6.54 Å². The molecular formula is C26H26FN7O3. The molecule has 2 aromatic carbocycles. The molecule has 11 heteroatoms. The van der Waals surface area contributed by atoms with E-state index in [2.05, 4.69) is 30.7 Å². The van der Waals surface area contributed by atoms with Gasteiger partial charge in [-0.2, -0.15) is 15.4 Å². The predicted molar refractivity (Wildman–Crippen MR) is 132 cm³/mol. The van der Waals surface area contributed by atoms with Crippen LogP contribution in [0.3, 0.4) is 0 Å². The molecule has 2 atom stereocenters. The number of nitrogens with one attached hydrogen (secondary N) is 4. The second-order valence-corrected chi connectivity index (χ2v) is 9.73. The van der Waals surface area contributed by atoms with Crippen LogP contribution in [0, 0.1) is 5.82 Å². The highest BCUT2D eigenvalue weighted by Gasteiger charge is 2.36. The number of hydrogen-bond donors (Lipinski definition) is 4. The fourth-order valence-corrected chi connectivity index (χ4v) is 5.25. The molecule has 1 aliphatic carbocycles. The molecule has 190 valence electrons. The largest absolute Gasteiger partial charge is 0.343 e. The van der Waals surface area contributed by atoms with Crippen LogP contribution in [-0.2, 0) is 16.0 Å². The van der Waals surface area contributed by atoms with E-state index < -0.39 is 12.1 Å². The number of carbonyl (C=O) groups excluding carboxylic acids is 2. The quantitative estimate of drug-likeness (QED) is 0.307. The van der Waals surface area contributed by atoms with Gasteiger partial charge in [-0.05, 0) is 54.9 Å². The number of halogens is 1. The SMILES string of the molecule is O=C(NC(c1ccc(C2CC2)c(F)c1)c1cccc2[nH]c(=O)[nH]c12)C1CCCN1C(=O)Cc1cn[nH]n1. The van der Waals surface area contributed by atoms with Crippen molar-refractivity contribution in [3.63, 3.8) is 0 Å². The van der Waals surface area contributed by atoms with Crippen LogP contribution < -0.4 is 11.0 Å². The summed E-state index contributed by atoms with van der Waals surface area (Å²) in [5.41, 5.74) is 3.12. The number of imidazole rings is 1. The summed E-state index contributed by atoms with van der Waals surface area (Å²) in [5, 5.41) is 13.2. The highest BCUT2D eigenvalue weighted by atomic mass is 19.1. The van der Waals surface area contributed by atoms with Crippen LogP contribution in [0.15, 0.2) is 47.4 Å². The Hall–Kier alpha value is -4.28. The Morgan fingerprint density at radius 2 is 2.03 bits per heavy atom. The highest BCUT2D eigenvalue weighted by molar-refractivity contribution is 5.90. The average molecular weight is 504 g/mol. The lowest BCUT2D eigenvalue weighted by Crippen LogP contribution is -2.47. The van der Waals surface area contributed by atoms with Crippen molar-refractivity contribution in [1.82, 2.24) is 35.6 Å². The predicted octanol–water partition coefficient (Wildman–Crippen LogP) is 2.43. The standard InChI is InChI=1S/C26H26FN7O3/c27-19-11-15(8-9-17(19)14-6-7-14)23(18-3-1-4-20-24(18)31-26(37)29-20)30-25(36)21-5-2-10-34(21)22(35)12-16-13-28-33-32-16/h1,3-4,8-9,11,13-14,21,23H,2,5-7,10,12H2,(H,30,36)(H,28,32,33)(H2,29,31,37). The zero-order chi connectivity index (χ0) is 25.5. The smallest absolute Gasteiger partial charge is 0.323 e. The number of fused-ring (bicyclic) bond motifs is 1. The van der Waals surface area contributed by atoms with Crippen molar-refractivity contribution in [1.29, 1.82) is 0 Å². The molecule has 1 aliphatic heterocycles. The summed E-state index contributed by atoms with van der Waals surface area (Å²) in [4.78, 5) is 45.7. The Balaban J connectivity index is 1.32. The van der Waals surface area contributed by atoms with Gasteiger partial charge in [0, 0.05) is 12.1 Å². The van der Waals surface area contributed by atoms with Crippen molar-refractivity contribution in [2.24, 2.45) is 0 Å². The van der Waals surface area contributed by atoms with E-state index in [1.165, 1.54) is 12.3 Å². The van der Waals surface area contributed by atoms with Gasteiger partial charge in [0.2, 0.25) is 11.8 Å². The molecule has 0 radical (unpaired) electrons. The normalized spacial score (nSPS) is 18.3. The highest BCUT2D eigenvalue weighted by Crippen LogP contribution is 2.42. The molecule has 10 nitrogen and oxygen atoms in total. The second-order valence-electron chi connectivity index (χ2n) is 9.73. The molecule has 37 heavy (non-hydrogen) atoms. The van der Waals surface area contributed by atoms with E-state index >= 15 is 4.39 Å². The van der Waals surface area contributed by atoms with E-state index in [9.17, 15) is 14.4 Å². The van der Waals surface area contributed by atoms with Crippen LogP contribution >= 0.6 is 0 Å². The number of aromatic amines is 3.